The van der Waals surface area contributed by atoms with Gasteiger partial charge in [-0.2, -0.15) is 4.31 Å². The van der Waals surface area contributed by atoms with Crippen LogP contribution >= 0.6 is 0 Å². The van der Waals surface area contributed by atoms with Crippen LogP contribution in [0.5, 0.6) is 0 Å². The van der Waals surface area contributed by atoms with Crippen LogP contribution in [-0.2, 0) is 14.8 Å². The van der Waals surface area contributed by atoms with Gasteiger partial charge in [0.05, 0.1) is 4.90 Å². The van der Waals surface area contributed by atoms with E-state index in [1.807, 2.05) is 0 Å². The van der Waals surface area contributed by atoms with E-state index in [-0.39, 0.29) is 10.8 Å². The van der Waals surface area contributed by atoms with Gasteiger partial charge in [0.25, 0.3) is 0 Å². The van der Waals surface area contributed by atoms with E-state index in [0.717, 1.165) is 25.8 Å². The van der Waals surface area contributed by atoms with Gasteiger partial charge in [0.15, 0.2) is 0 Å². The fourth-order valence-electron chi connectivity index (χ4n) is 2.88. The Morgan fingerprint density at radius 3 is 2.62 bits per heavy atom. The first kappa shape index (κ1) is 18.9. The van der Waals surface area contributed by atoms with Crippen LogP contribution in [0.1, 0.15) is 32.6 Å². The zero-order valence-electron chi connectivity index (χ0n) is 14.2. The summed E-state index contributed by atoms with van der Waals surface area (Å²) in [5.74, 6) is -0.201. The lowest BCUT2D eigenvalue weighted by atomic mass is 10.0. The van der Waals surface area contributed by atoms with Crippen LogP contribution < -0.4 is 10.6 Å². The third kappa shape index (κ3) is 4.78. The maximum atomic E-state index is 12.9. The van der Waals surface area contributed by atoms with Crippen molar-refractivity contribution < 1.29 is 13.2 Å². The molecule has 1 aliphatic heterocycles. The topological polar surface area (TPSA) is 78.5 Å². The molecule has 2 N–H and O–H groups in total. The molecule has 134 valence electrons. The molecule has 1 atom stereocenters. The number of piperidine rings is 1. The minimum atomic E-state index is -3.64. The van der Waals surface area contributed by atoms with E-state index in [1.165, 1.54) is 4.31 Å². The summed E-state index contributed by atoms with van der Waals surface area (Å²) in [7, 11) is -3.64. The first-order valence-electron chi connectivity index (χ1n) is 8.62. The third-order valence-electron chi connectivity index (χ3n) is 4.13. The number of hydrogen-bond acceptors (Lipinski definition) is 4. The predicted molar refractivity (Wildman–Crippen MR) is 94.1 cm³/mol. The molecule has 0 saturated carbocycles. The lowest BCUT2D eigenvalue weighted by Crippen LogP contribution is -2.52. The highest BCUT2D eigenvalue weighted by Gasteiger charge is 2.37. The monoisotopic (exact) mass is 353 g/mol. The Bertz CT molecular complexity index is 619. The Morgan fingerprint density at radius 2 is 1.92 bits per heavy atom. The number of benzene rings is 1. The normalized spacial score (nSPS) is 19.1. The molecule has 1 saturated heterocycles. The van der Waals surface area contributed by atoms with Crippen LogP contribution in [0.4, 0.5) is 0 Å². The van der Waals surface area contributed by atoms with Crippen molar-refractivity contribution in [1.82, 2.24) is 14.9 Å². The summed E-state index contributed by atoms with van der Waals surface area (Å²) in [5, 5.41) is 6.07. The van der Waals surface area contributed by atoms with Crippen molar-refractivity contribution in [2.45, 2.75) is 43.5 Å². The smallest absolute Gasteiger partial charge is 0.243 e. The Morgan fingerprint density at radius 1 is 1.17 bits per heavy atom. The van der Waals surface area contributed by atoms with Gasteiger partial charge in [0, 0.05) is 19.6 Å². The fraction of sp³-hybridized carbons (Fsp3) is 0.588. The number of carbonyl (C=O) groups excluding carboxylic acids is 1. The summed E-state index contributed by atoms with van der Waals surface area (Å²) in [6.45, 7) is 4.59. The van der Waals surface area contributed by atoms with E-state index < -0.39 is 16.1 Å². The second kappa shape index (κ2) is 9.15. The second-order valence-corrected chi connectivity index (χ2v) is 7.87. The summed E-state index contributed by atoms with van der Waals surface area (Å²) in [5.41, 5.74) is 0. The van der Waals surface area contributed by atoms with Crippen molar-refractivity contribution in [1.29, 1.82) is 0 Å². The molecule has 2 rings (SSSR count). The number of hydrogen-bond donors (Lipinski definition) is 2. The number of amides is 1. The molecular weight excluding hydrogens is 326 g/mol. The molecule has 1 unspecified atom stereocenters. The summed E-state index contributed by atoms with van der Waals surface area (Å²) in [6, 6.07) is 7.72. The van der Waals surface area contributed by atoms with Gasteiger partial charge in [-0.05, 0) is 37.9 Å². The first-order chi connectivity index (χ1) is 11.6. The molecule has 1 aromatic rings. The summed E-state index contributed by atoms with van der Waals surface area (Å²) in [4.78, 5) is 12.7. The molecule has 0 aliphatic carbocycles. The Labute approximate surface area is 144 Å². The van der Waals surface area contributed by atoms with E-state index in [9.17, 15) is 13.2 Å². The molecule has 1 amide bonds. The number of rotatable bonds is 8. The molecule has 1 heterocycles. The molecule has 0 bridgehead atoms. The van der Waals surface area contributed by atoms with Gasteiger partial charge in [-0.25, -0.2) is 8.42 Å². The highest BCUT2D eigenvalue weighted by atomic mass is 32.2. The van der Waals surface area contributed by atoms with E-state index in [1.54, 1.807) is 30.3 Å². The van der Waals surface area contributed by atoms with Crippen molar-refractivity contribution in [2.75, 3.05) is 26.2 Å². The molecule has 0 aromatic heterocycles. The van der Waals surface area contributed by atoms with E-state index >= 15 is 0 Å². The van der Waals surface area contributed by atoms with Crippen molar-refractivity contribution >= 4 is 15.9 Å². The van der Waals surface area contributed by atoms with Gasteiger partial charge < -0.3 is 10.6 Å². The minimum Gasteiger partial charge on any atom is -0.353 e. The standard InChI is InChI=1S/C17H27N3O3S/c1-2-11-18-12-13-19-17(21)16-10-6-7-14-20(16)24(22,23)15-8-4-3-5-9-15/h3-5,8-9,16,18H,2,6-7,10-14H2,1H3,(H,19,21). The van der Waals surface area contributed by atoms with Crippen molar-refractivity contribution in [3.8, 4) is 0 Å². The Hall–Kier alpha value is -1.44. The van der Waals surface area contributed by atoms with Gasteiger partial charge in [-0.1, -0.05) is 31.5 Å². The maximum Gasteiger partial charge on any atom is 0.243 e. The summed E-state index contributed by atoms with van der Waals surface area (Å²) in [6.07, 6.45) is 3.26. The van der Waals surface area contributed by atoms with Gasteiger partial charge in [0.2, 0.25) is 15.9 Å². The Kier molecular flexibility index (Phi) is 7.20. The molecule has 1 fully saturated rings. The van der Waals surface area contributed by atoms with Crippen LogP contribution in [-0.4, -0.2) is 50.9 Å². The SMILES string of the molecule is CCCNCCNC(=O)C1CCCCN1S(=O)(=O)c1ccccc1. The third-order valence-corrected chi connectivity index (χ3v) is 6.06. The van der Waals surface area contributed by atoms with Crippen LogP contribution in [0.3, 0.4) is 0 Å². The maximum absolute atomic E-state index is 12.9. The highest BCUT2D eigenvalue weighted by molar-refractivity contribution is 7.89. The van der Waals surface area contributed by atoms with Crippen LogP contribution in [0.15, 0.2) is 35.2 Å². The summed E-state index contributed by atoms with van der Waals surface area (Å²) < 4.78 is 27.1. The minimum absolute atomic E-state index is 0.201. The molecule has 1 aromatic carbocycles. The Balaban J connectivity index is 2.03. The number of carbonyl (C=O) groups is 1. The molecule has 24 heavy (non-hydrogen) atoms. The quantitative estimate of drug-likeness (QED) is 0.692. The first-order valence-corrected chi connectivity index (χ1v) is 10.1. The van der Waals surface area contributed by atoms with Gasteiger partial charge in [-0.3, -0.25) is 4.79 Å². The second-order valence-electron chi connectivity index (χ2n) is 5.98. The number of nitrogens with one attached hydrogen (secondary N) is 2. The highest BCUT2D eigenvalue weighted by Crippen LogP contribution is 2.25. The van der Waals surface area contributed by atoms with Crippen LogP contribution in [0.2, 0.25) is 0 Å². The zero-order valence-corrected chi connectivity index (χ0v) is 15.0. The van der Waals surface area contributed by atoms with Gasteiger partial charge in [-0.15, -0.1) is 0 Å². The van der Waals surface area contributed by atoms with Crippen molar-refractivity contribution in [3.63, 3.8) is 0 Å². The predicted octanol–water partition coefficient (Wildman–Crippen LogP) is 1.35. The average molecular weight is 353 g/mol. The molecule has 0 spiro atoms. The number of nitrogens with zero attached hydrogens (tertiary/aromatic N) is 1. The van der Waals surface area contributed by atoms with E-state index in [4.69, 9.17) is 0 Å². The molecule has 6 nitrogen and oxygen atoms in total. The van der Waals surface area contributed by atoms with Crippen LogP contribution in [0.25, 0.3) is 0 Å². The lowest BCUT2D eigenvalue weighted by molar-refractivity contribution is -0.125. The largest absolute Gasteiger partial charge is 0.353 e. The molecule has 1 aliphatic rings. The molecule has 0 radical (unpaired) electrons. The number of sulfonamides is 1. The average Bonchev–Trinajstić information content (AvgIpc) is 2.62. The lowest BCUT2D eigenvalue weighted by Gasteiger charge is -2.33. The van der Waals surface area contributed by atoms with Crippen molar-refractivity contribution in [3.05, 3.63) is 30.3 Å². The van der Waals surface area contributed by atoms with Crippen LogP contribution in [0, 0.1) is 0 Å². The van der Waals surface area contributed by atoms with Gasteiger partial charge >= 0.3 is 0 Å². The zero-order chi connectivity index (χ0) is 17.4. The summed E-state index contributed by atoms with van der Waals surface area (Å²) >= 11 is 0. The van der Waals surface area contributed by atoms with E-state index in [0.29, 0.717) is 26.1 Å². The van der Waals surface area contributed by atoms with Gasteiger partial charge in [0.1, 0.15) is 6.04 Å². The molecular formula is C17H27N3O3S. The molecule has 7 heteroatoms. The van der Waals surface area contributed by atoms with E-state index in [2.05, 4.69) is 17.6 Å². The van der Waals surface area contributed by atoms with Crippen molar-refractivity contribution in [2.24, 2.45) is 0 Å². The fourth-order valence-corrected chi connectivity index (χ4v) is 4.55.